The summed E-state index contributed by atoms with van der Waals surface area (Å²) < 4.78 is 5.82. The maximum atomic E-state index is 10.9. The molecule has 1 N–H and O–H groups in total. The Bertz CT molecular complexity index is 708. The van der Waals surface area contributed by atoms with E-state index in [1.807, 2.05) is 6.07 Å². The van der Waals surface area contributed by atoms with Crippen molar-refractivity contribution in [2.45, 2.75) is 31.8 Å². The number of rotatable bonds is 5. The Hall–Kier alpha value is -2.83. The van der Waals surface area contributed by atoms with Crippen molar-refractivity contribution in [1.82, 2.24) is 15.2 Å². The van der Waals surface area contributed by atoms with Crippen molar-refractivity contribution in [3.63, 3.8) is 0 Å². The highest BCUT2D eigenvalue weighted by atomic mass is 16.5. The molecule has 3 rings (SSSR count). The summed E-state index contributed by atoms with van der Waals surface area (Å²) in [7, 11) is 0. The number of aldehydes is 1. The second-order valence-corrected chi connectivity index (χ2v) is 5.78. The predicted octanol–water partition coefficient (Wildman–Crippen LogP) is 2.37. The third kappa shape index (κ3) is 3.73. The number of nitrogens with zero attached hydrogens (tertiary/aromatic N) is 3. The van der Waals surface area contributed by atoms with Crippen LogP contribution in [0.1, 0.15) is 36.2 Å². The lowest BCUT2D eigenvalue weighted by molar-refractivity contribution is -0.143. The van der Waals surface area contributed by atoms with Crippen LogP contribution in [0.4, 0.5) is 0 Å². The van der Waals surface area contributed by atoms with E-state index < -0.39 is 5.97 Å². The molecule has 0 unspecified atom stereocenters. The van der Waals surface area contributed by atoms with Gasteiger partial charge in [-0.1, -0.05) is 0 Å². The average molecular weight is 327 g/mol. The van der Waals surface area contributed by atoms with E-state index in [2.05, 4.69) is 15.2 Å². The van der Waals surface area contributed by atoms with Crippen LogP contribution in [-0.2, 0) is 4.79 Å². The highest BCUT2D eigenvalue weighted by Crippen LogP contribution is 2.27. The number of carboxylic acid groups (broad SMARTS) is 1. The standard InChI is InChI=1S/C17H17N3O4/c21-10-13-4-7-15(20-19-13)12-3-8-16(18-9-12)24-14-5-1-11(2-6-14)17(22)23/h3-4,7-11,14H,1-2,5-6H2,(H,22,23). The molecule has 2 aromatic rings. The predicted molar refractivity (Wildman–Crippen MR) is 84.7 cm³/mol. The number of pyridine rings is 1. The van der Waals surface area contributed by atoms with Gasteiger partial charge in [-0.15, -0.1) is 10.2 Å². The van der Waals surface area contributed by atoms with Crippen LogP contribution in [0.5, 0.6) is 5.88 Å². The number of ether oxygens (including phenoxy) is 1. The van der Waals surface area contributed by atoms with E-state index >= 15 is 0 Å². The zero-order valence-corrected chi connectivity index (χ0v) is 13.0. The quantitative estimate of drug-likeness (QED) is 0.841. The van der Waals surface area contributed by atoms with Crippen LogP contribution < -0.4 is 4.74 Å². The highest BCUT2D eigenvalue weighted by Gasteiger charge is 2.27. The SMILES string of the molecule is O=Cc1ccc(-c2ccc(OC3CCC(C(=O)O)CC3)nc2)nn1. The van der Waals surface area contributed by atoms with E-state index in [-0.39, 0.29) is 17.7 Å². The first-order chi connectivity index (χ1) is 11.7. The van der Waals surface area contributed by atoms with Crippen molar-refractivity contribution in [3.05, 3.63) is 36.2 Å². The first kappa shape index (κ1) is 16.0. The number of aliphatic carboxylic acids is 1. The van der Waals surface area contributed by atoms with Gasteiger partial charge in [0.1, 0.15) is 11.8 Å². The smallest absolute Gasteiger partial charge is 0.306 e. The molecule has 0 aromatic carbocycles. The third-order valence-corrected chi connectivity index (χ3v) is 4.15. The van der Waals surface area contributed by atoms with Crippen LogP contribution >= 0.6 is 0 Å². The molecule has 1 saturated carbocycles. The molecule has 124 valence electrons. The van der Waals surface area contributed by atoms with Crippen LogP contribution in [0.15, 0.2) is 30.5 Å². The van der Waals surface area contributed by atoms with Crippen molar-refractivity contribution < 1.29 is 19.4 Å². The molecule has 2 heterocycles. The van der Waals surface area contributed by atoms with E-state index in [1.54, 1.807) is 24.4 Å². The van der Waals surface area contributed by atoms with Gasteiger partial charge in [-0.3, -0.25) is 9.59 Å². The lowest BCUT2D eigenvalue weighted by atomic mass is 9.87. The number of carboxylic acids is 1. The highest BCUT2D eigenvalue weighted by molar-refractivity contribution is 5.72. The molecule has 1 fully saturated rings. The Labute approximate surface area is 138 Å². The maximum absolute atomic E-state index is 10.9. The minimum atomic E-state index is -0.724. The van der Waals surface area contributed by atoms with Gasteiger partial charge < -0.3 is 9.84 Å². The maximum Gasteiger partial charge on any atom is 0.306 e. The molecule has 0 amide bonds. The fourth-order valence-corrected chi connectivity index (χ4v) is 2.76. The molecule has 1 aliphatic carbocycles. The fraction of sp³-hybridized carbons (Fsp3) is 0.353. The van der Waals surface area contributed by atoms with Gasteiger partial charge in [-0.05, 0) is 43.9 Å². The van der Waals surface area contributed by atoms with Gasteiger partial charge in [0.05, 0.1) is 11.6 Å². The summed E-state index contributed by atoms with van der Waals surface area (Å²) in [5.74, 6) is -0.472. The second-order valence-electron chi connectivity index (χ2n) is 5.78. The first-order valence-corrected chi connectivity index (χ1v) is 7.80. The van der Waals surface area contributed by atoms with Gasteiger partial charge in [-0.25, -0.2) is 4.98 Å². The van der Waals surface area contributed by atoms with Crippen molar-refractivity contribution >= 4 is 12.3 Å². The Morgan fingerprint density at radius 1 is 1.12 bits per heavy atom. The van der Waals surface area contributed by atoms with Crippen LogP contribution in [0.3, 0.4) is 0 Å². The molecular formula is C17H17N3O4. The van der Waals surface area contributed by atoms with Gasteiger partial charge in [0.25, 0.3) is 0 Å². The second kappa shape index (κ2) is 7.16. The van der Waals surface area contributed by atoms with E-state index in [0.29, 0.717) is 30.7 Å². The summed E-state index contributed by atoms with van der Waals surface area (Å²) in [6.45, 7) is 0. The minimum Gasteiger partial charge on any atom is -0.481 e. The van der Waals surface area contributed by atoms with Crippen molar-refractivity contribution in [1.29, 1.82) is 0 Å². The van der Waals surface area contributed by atoms with Crippen molar-refractivity contribution in [3.8, 4) is 17.1 Å². The van der Waals surface area contributed by atoms with Gasteiger partial charge in [0.15, 0.2) is 6.29 Å². The van der Waals surface area contributed by atoms with E-state index in [4.69, 9.17) is 9.84 Å². The number of hydrogen-bond acceptors (Lipinski definition) is 6. The topological polar surface area (TPSA) is 102 Å². The summed E-state index contributed by atoms with van der Waals surface area (Å²) in [6, 6.07) is 6.89. The molecule has 1 aliphatic rings. The Kier molecular flexibility index (Phi) is 4.79. The lowest BCUT2D eigenvalue weighted by Gasteiger charge is -2.26. The summed E-state index contributed by atoms with van der Waals surface area (Å²) >= 11 is 0. The van der Waals surface area contributed by atoms with Crippen LogP contribution in [-0.4, -0.2) is 38.6 Å². The third-order valence-electron chi connectivity index (χ3n) is 4.15. The van der Waals surface area contributed by atoms with Crippen molar-refractivity contribution in [2.24, 2.45) is 5.92 Å². The van der Waals surface area contributed by atoms with E-state index in [1.165, 1.54) is 0 Å². The molecule has 7 nitrogen and oxygen atoms in total. The monoisotopic (exact) mass is 327 g/mol. The molecule has 0 radical (unpaired) electrons. The van der Waals surface area contributed by atoms with Gasteiger partial charge in [0, 0.05) is 17.8 Å². The zero-order valence-electron chi connectivity index (χ0n) is 13.0. The van der Waals surface area contributed by atoms with Gasteiger partial charge in [0.2, 0.25) is 5.88 Å². The summed E-state index contributed by atoms with van der Waals surface area (Å²) in [5.41, 5.74) is 1.69. The summed E-state index contributed by atoms with van der Waals surface area (Å²) in [6.07, 6.45) is 5.00. The first-order valence-electron chi connectivity index (χ1n) is 7.80. The molecule has 24 heavy (non-hydrogen) atoms. The Balaban J connectivity index is 1.60. The molecule has 0 bridgehead atoms. The zero-order chi connectivity index (χ0) is 16.9. The lowest BCUT2D eigenvalue weighted by Crippen LogP contribution is -2.28. The average Bonchev–Trinajstić information content (AvgIpc) is 2.63. The molecular weight excluding hydrogens is 310 g/mol. The number of carbonyl (C=O) groups is 2. The van der Waals surface area contributed by atoms with Crippen LogP contribution in [0, 0.1) is 5.92 Å². The fourth-order valence-electron chi connectivity index (χ4n) is 2.76. The molecule has 2 aromatic heterocycles. The van der Waals surface area contributed by atoms with Crippen LogP contribution in [0.2, 0.25) is 0 Å². The molecule has 0 saturated heterocycles. The van der Waals surface area contributed by atoms with Gasteiger partial charge >= 0.3 is 5.97 Å². The normalized spacial score (nSPS) is 20.3. The minimum absolute atomic E-state index is 0.00520. The van der Waals surface area contributed by atoms with Crippen LogP contribution in [0.25, 0.3) is 11.3 Å². The molecule has 0 aliphatic heterocycles. The van der Waals surface area contributed by atoms with E-state index in [0.717, 1.165) is 18.4 Å². The summed E-state index contributed by atoms with van der Waals surface area (Å²) in [4.78, 5) is 25.8. The largest absolute Gasteiger partial charge is 0.481 e. The van der Waals surface area contributed by atoms with Gasteiger partial charge in [-0.2, -0.15) is 0 Å². The molecule has 0 spiro atoms. The number of hydrogen-bond donors (Lipinski definition) is 1. The molecule has 7 heteroatoms. The summed E-state index contributed by atoms with van der Waals surface area (Å²) in [5, 5.41) is 16.8. The Morgan fingerprint density at radius 3 is 2.46 bits per heavy atom. The number of aromatic nitrogens is 3. The molecule has 0 atom stereocenters. The van der Waals surface area contributed by atoms with E-state index in [9.17, 15) is 9.59 Å². The number of carbonyl (C=O) groups excluding carboxylic acids is 1. The van der Waals surface area contributed by atoms with Crippen molar-refractivity contribution in [2.75, 3.05) is 0 Å². The Morgan fingerprint density at radius 2 is 1.92 bits per heavy atom.